The second-order valence-corrected chi connectivity index (χ2v) is 9.59. The number of hydrogen-bond acceptors (Lipinski definition) is 5. The molecule has 4 N–H and O–H groups in total. The Labute approximate surface area is 203 Å². The van der Waals surface area contributed by atoms with E-state index in [0.717, 1.165) is 36.6 Å². The summed E-state index contributed by atoms with van der Waals surface area (Å²) in [5.41, 5.74) is 1.62. The van der Waals surface area contributed by atoms with Crippen LogP contribution in [0.5, 0.6) is 5.75 Å². The SMILES string of the molecule is CC(=O)Nc1ccc2c(c1)[C@@H](NC[C@@H](O)[C@H](Cc1cc(F)cc(F)c1)NC(C)=O)CC1(CCC1)O2. The van der Waals surface area contributed by atoms with Crippen LogP contribution in [0.2, 0.25) is 0 Å². The molecule has 2 aromatic rings. The van der Waals surface area contributed by atoms with Gasteiger partial charge in [-0.15, -0.1) is 0 Å². The van der Waals surface area contributed by atoms with E-state index in [9.17, 15) is 23.5 Å². The largest absolute Gasteiger partial charge is 0.487 e. The van der Waals surface area contributed by atoms with E-state index in [0.29, 0.717) is 17.7 Å². The number of anilines is 1. The lowest BCUT2D eigenvalue weighted by atomic mass is 9.73. The minimum Gasteiger partial charge on any atom is -0.487 e. The highest BCUT2D eigenvalue weighted by Gasteiger charge is 2.45. The Hall–Kier alpha value is -3.04. The van der Waals surface area contributed by atoms with Gasteiger partial charge in [-0.05, 0) is 61.6 Å². The summed E-state index contributed by atoms with van der Waals surface area (Å²) in [6.45, 7) is 2.91. The fourth-order valence-electron chi connectivity index (χ4n) is 4.94. The highest BCUT2D eigenvalue weighted by atomic mass is 19.1. The van der Waals surface area contributed by atoms with Crippen LogP contribution in [0.3, 0.4) is 0 Å². The van der Waals surface area contributed by atoms with Crippen LogP contribution in [-0.4, -0.2) is 41.2 Å². The Balaban J connectivity index is 1.50. The predicted octanol–water partition coefficient (Wildman–Crippen LogP) is 3.37. The van der Waals surface area contributed by atoms with Crippen molar-refractivity contribution in [1.29, 1.82) is 0 Å². The fourth-order valence-corrected chi connectivity index (χ4v) is 4.94. The van der Waals surface area contributed by atoms with Gasteiger partial charge < -0.3 is 25.8 Å². The average molecular weight is 488 g/mol. The first-order valence-corrected chi connectivity index (χ1v) is 11.9. The molecule has 0 radical (unpaired) electrons. The van der Waals surface area contributed by atoms with E-state index in [1.54, 1.807) is 6.07 Å². The third kappa shape index (κ3) is 6.15. The number of ether oxygens (including phenoxy) is 1. The Morgan fingerprint density at radius 2 is 1.83 bits per heavy atom. The van der Waals surface area contributed by atoms with E-state index >= 15 is 0 Å². The van der Waals surface area contributed by atoms with Crippen molar-refractivity contribution >= 4 is 17.5 Å². The van der Waals surface area contributed by atoms with Gasteiger partial charge in [0.15, 0.2) is 0 Å². The number of aliphatic hydroxyl groups is 1. The van der Waals surface area contributed by atoms with E-state index in [1.807, 2.05) is 12.1 Å². The lowest BCUT2D eigenvalue weighted by Gasteiger charge is -2.48. The average Bonchev–Trinajstić information content (AvgIpc) is 2.74. The predicted molar refractivity (Wildman–Crippen MR) is 127 cm³/mol. The summed E-state index contributed by atoms with van der Waals surface area (Å²) in [7, 11) is 0. The molecule has 2 amide bonds. The second-order valence-electron chi connectivity index (χ2n) is 9.59. The van der Waals surface area contributed by atoms with E-state index in [-0.39, 0.29) is 36.4 Å². The molecule has 2 aliphatic rings. The Morgan fingerprint density at radius 3 is 2.43 bits per heavy atom. The van der Waals surface area contributed by atoms with Crippen LogP contribution in [0.25, 0.3) is 0 Å². The first-order chi connectivity index (χ1) is 16.6. The first kappa shape index (κ1) is 25.1. The number of aliphatic hydroxyl groups excluding tert-OH is 1. The molecule has 1 aliphatic heterocycles. The van der Waals surface area contributed by atoms with Crippen molar-refractivity contribution in [3.05, 3.63) is 59.2 Å². The van der Waals surface area contributed by atoms with Crippen LogP contribution in [-0.2, 0) is 16.0 Å². The van der Waals surface area contributed by atoms with E-state index in [4.69, 9.17) is 4.74 Å². The van der Waals surface area contributed by atoms with Gasteiger partial charge in [0.1, 0.15) is 23.0 Å². The molecule has 1 fully saturated rings. The zero-order valence-corrected chi connectivity index (χ0v) is 19.9. The highest BCUT2D eigenvalue weighted by Crippen LogP contribution is 2.49. The third-order valence-electron chi connectivity index (χ3n) is 6.68. The number of nitrogens with one attached hydrogen (secondary N) is 3. The van der Waals surface area contributed by atoms with Crippen LogP contribution in [0, 0.1) is 11.6 Å². The maximum Gasteiger partial charge on any atom is 0.221 e. The zero-order chi connectivity index (χ0) is 25.2. The molecule has 3 atom stereocenters. The van der Waals surface area contributed by atoms with Gasteiger partial charge in [-0.1, -0.05) is 0 Å². The number of hydrogen-bond donors (Lipinski definition) is 4. The number of fused-ring (bicyclic) bond motifs is 1. The molecule has 7 nitrogen and oxygen atoms in total. The number of amides is 2. The molecule has 0 saturated heterocycles. The molecule has 35 heavy (non-hydrogen) atoms. The molecular weight excluding hydrogens is 456 g/mol. The monoisotopic (exact) mass is 487 g/mol. The van der Waals surface area contributed by atoms with Gasteiger partial charge in [-0.3, -0.25) is 9.59 Å². The molecule has 0 aromatic heterocycles. The van der Waals surface area contributed by atoms with Crippen LogP contribution in [0.1, 0.15) is 56.7 Å². The molecule has 9 heteroatoms. The normalized spacial score (nSPS) is 19.6. The molecule has 1 aliphatic carbocycles. The van der Waals surface area contributed by atoms with Gasteiger partial charge in [0, 0.05) is 50.2 Å². The number of rotatable bonds is 8. The van der Waals surface area contributed by atoms with Gasteiger partial charge in [0.2, 0.25) is 11.8 Å². The maximum atomic E-state index is 13.7. The van der Waals surface area contributed by atoms with Crippen LogP contribution < -0.4 is 20.7 Å². The van der Waals surface area contributed by atoms with Crippen molar-refractivity contribution in [2.45, 2.75) is 69.7 Å². The molecule has 4 rings (SSSR count). The standard InChI is InChI=1S/C26H31F2N3O4/c1-15(32)30-20-4-5-25-21(12-20)23(13-26(35-25)6-3-7-26)29-14-24(34)22(31-16(2)33)10-17-8-18(27)11-19(28)9-17/h4-5,8-9,11-12,22-24,29,34H,3,6-7,10,13-14H2,1-2H3,(H,30,32)(H,31,33)/t22-,23-,24+/m0/s1. The van der Waals surface area contributed by atoms with Gasteiger partial charge in [0.25, 0.3) is 0 Å². The molecule has 0 unspecified atom stereocenters. The van der Waals surface area contributed by atoms with Crippen LogP contribution in [0.4, 0.5) is 14.5 Å². The summed E-state index contributed by atoms with van der Waals surface area (Å²) in [6, 6.07) is 7.79. The Morgan fingerprint density at radius 1 is 1.11 bits per heavy atom. The van der Waals surface area contributed by atoms with Gasteiger partial charge in [-0.25, -0.2) is 8.78 Å². The van der Waals surface area contributed by atoms with Gasteiger partial charge >= 0.3 is 0 Å². The van der Waals surface area contributed by atoms with Crippen molar-refractivity contribution in [3.8, 4) is 5.75 Å². The topological polar surface area (TPSA) is 99.7 Å². The summed E-state index contributed by atoms with van der Waals surface area (Å²) in [5.74, 6) is -1.21. The number of halogens is 2. The molecule has 1 spiro atoms. The smallest absolute Gasteiger partial charge is 0.221 e. The minimum absolute atomic E-state index is 0.0675. The zero-order valence-electron chi connectivity index (χ0n) is 19.9. The molecule has 188 valence electrons. The number of carbonyl (C=O) groups is 2. The van der Waals surface area contributed by atoms with Crippen molar-refractivity contribution in [3.63, 3.8) is 0 Å². The molecule has 0 bridgehead atoms. The van der Waals surface area contributed by atoms with Crippen molar-refractivity contribution in [2.75, 3.05) is 11.9 Å². The van der Waals surface area contributed by atoms with Crippen LogP contribution in [0.15, 0.2) is 36.4 Å². The van der Waals surface area contributed by atoms with Crippen LogP contribution >= 0.6 is 0 Å². The maximum absolute atomic E-state index is 13.7. The summed E-state index contributed by atoms with van der Waals surface area (Å²) in [6.07, 6.45) is 2.73. The second kappa shape index (κ2) is 10.3. The summed E-state index contributed by atoms with van der Waals surface area (Å²) >= 11 is 0. The molecular formula is C26H31F2N3O4. The third-order valence-corrected chi connectivity index (χ3v) is 6.68. The fraction of sp³-hybridized carbons (Fsp3) is 0.462. The van der Waals surface area contributed by atoms with Crippen molar-refractivity contribution in [2.24, 2.45) is 0 Å². The lowest BCUT2D eigenvalue weighted by Crippen LogP contribution is -2.52. The van der Waals surface area contributed by atoms with Crippen molar-refractivity contribution < 1.29 is 28.2 Å². The number of benzene rings is 2. The number of carbonyl (C=O) groups excluding carboxylic acids is 2. The summed E-state index contributed by atoms with van der Waals surface area (Å²) in [5, 5.41) is 19.8. The molecule has 1 heterocycles. The quantitative estimate of drug-likeness (QED) is 0.458. The van der Waals surface area contributed by atoms with E-state index < -0.39 is 23.8 Å². The summed E-state index contributed by atoms with van der Waals surface area (Å²) < 4.78 is 33.6. The molecule has 2 aromatic carbocycles. The lowest BCUT2D eigenvalue weighted by molar-refractivity contribution is -0.120. The minimum atomic E-state index is -1.02. The highest BCUT2D eigenvalue weighted by molar-refractivity contribution is 5.88. The van der Waals surface area contributed by atoms with E-state index in [1.165, 1.54) is 26.0 Å². The summed E-state index contributed by atoms with van der Waals surface area (Å²) in [4.78, 5) is 23.3. The molecule has 1 saturated carbocycles. The Kier molecular flexibility index (Phi) is 7.37. The van der Waals surface area contributed by atoms with Gasteiger partial charge in [0.05, 0.1) is 12.1 Å². The van der Waals surface area contributed by atoms with Gasteiger partial charge in [-0.2, -0.15) is 0 Å². The van der Waals surface area contributed by atoms with Crippen molar-refractivity contribution in [1.82, 2.24) is 10.6 Å². The van der Waals surface area contributed by atoms with E-state index in [2.05, 4.69) is 16.0 Å². The Bertz CT molecular complexity index is 1090. The first-order valence-electron chi connectivity index (χ1n) is 11.9.